The molecule has 1 aromatic carbocycles. The van der Waals surface area contributed by atoms with Gasteiger partial charge in [0.15, 0.2) is 0 Å². The zero-order valence-electron chi connectivity index (χ0n) is 11.0. The fourth-order valence-electron chi connectivity index (χ4n) is 1.80. The molecule has 0 aliphatic heterocycles. The number of amides is 1. The molecule has 0 spiro atoms. The Hall–Kier alpha value is -1.39. The van der Waals surface area contributed by atoms with Gasteiger partial charge in [-0.25, -0.2) is 4.98 Å². The van der Waals surface area contributed by atoms with E-state index in [9.17, 15) is 4.79 Å². The third-order valence-corrected chi connectivity index (χ3v) is 3.44. The minimum atomic E-state index is -0.186. The van der Waals surface area contributed by atoms with Crippen molar-refractivity contribution in [2.45, 2.75) is 19.8 Å². The first-order valence-electron chi connectivity index (χ1n) is 6.32. The first-order chi connectivity index (χ1) is 9.58. The molecule has 0 unspecified atom stereocenters. The van der Waals surface area contributed by atoms with Crippen LogP contribution in [0.5, 0.6) is 0 Å². The Morgan fingerprint density at radius 3 is 2.65 bits per heavy atom. The van der Waals surface area contributed by atoms with Crippen LogP contribution in [0.25, 0.3) is 0 Å². The Bertz CT molecular complexity index is 614. The Morgan fingerprint density at radius 2 is 2.00 bits per heavy atom. The van der Waals surface area contributed by atoms with Gasteiger partial charge < -0.3 is 5.32 Å². The molecule has 2 rings (SSSR count). The van der Waals surface area contributed by atoms with E-state index in [1.54, 1.807) is 12.1 Å². The molecule has 2 aromatic rings. The number of hydrogen-bond donors (Lipinski definition) is 1. The van der Waals surface area contributed by atoms with Gasteiger partial charge in [0, 0.05) is 21.4 Å². The van der Waals surface area contributed by atoms with Crippen LogP contribution < -0.4 is 5.32 Å². The molecule has 1 N–H and O–H groups in total. The fraction of sp³-hybridized carbons (Fsp3) is 0.200. The maximum absolute atomic E-state index is 12.2. The number of nitrogens with one attached hydrogen (secondary N) is 1. The molecule has 0 radical (unpaired) electrons. The van der Waals surface area contributed by atoms with Gasteiger partial charge in [0.1, 0.15) is 5.15 Å². The Balaban J connectivity index is 2.18. The van der Waals surface area contributed by atoms with Gasteiger partial charge in [0.2, 0.25) is 0 Å². The lowest BCUT2D eigenvalue weighted by atomic mass is 10.1. The van der Waals surface area contributed by atoms with Gasteiger partial charge in [-0.1, -0.05) is 40.9 Å². The van der Waals surface area contributed by atoms with Crippen molar-refractivity contribution >= 4 is 39.1 Å². The number of rotatable bonds is 4. The van der Waals surface area contributed by atoms with Crippen LogP contribution in [0.3, 0.4) is 0 Å². The average Bonchev–Trinajstić information content (AvgIpc) is 2.41. The average molecular weight is 354 g/mol. The number of carbonyl (C=O) groups is 1. The monoisotopic (exact) mass is 352 g/mol. The van der Waals surface area contributed by atoms with Crippen LogP contribution in [0.1, 0.15) is 29.4 Å². The number of anilines is 1. The number of pyridine rings is 1. The number of carbonyl (C=O) groups excluding carboxylic acids is 1. The number of benzene rings is 1. The molecule has 0 aliphatic carbocycles. The number of aromatic nitrogens is 1. The van der Waals surface area contributed by atoms with Crippen LogP contribution >= 0.6 is 27.5 Å². The zero-order chi connectivity index (χ0) is 14.5. The zero-order valence-corrected chi connectivity index (χ0v) is 13.3. The lowest BCUT2D eigenvalue weighted by molar-refractivity contribution is 0.102. The summed E-state index contributed by atoms with van der Waals surface area (Å²) in [6, 6.07) is 10.8. The van der Waals surface area contributed by atoms with E-state index < -0.39 is 0 Å². The third-order valence-electron chi connectivity index (χ3n) is 2.72. The lowest BCUT2D eigenvalue weighted by Crippen LogP contribution is -2.12. The minimum Gasteiger partial charge on any atom is -0.322 e. The molecule has 0 saturated heterocycles. The van der Waals surface area contributed by atoms with Gasteiger partial charge in [-0.2, -0.15) is 0 Å². The summed E-state index contributed by atoms with van der Waals surface area (Å²) in [5.74, 6) is -0.186. The Kier molecular flexibility index (Phi) is 5.15. The van der Waals surface area contributed by atoms with E-state index in [-0.39, 0.29) is 5.91 Å². The molecule has 1 amide bonds. The maximum atomic E-state index is 12.2. The normalized spacial score (nSPS) is 10.3. The Morgan fingerprint density at radius 1 is 1.30 bits per heavy atom. The van der Waals surface area contributed by atoms with E-state index in [2.05, 4.69) is 33.2 Å². The maximum Gasteiger partial charge on any atom is 0.255 e. The van der Waals surface area contributed by atoms with Crippen LogP contribution in [-0.2, 0) is 6.42 Å². The van der Waals surface area contributed by atoms with E-state index in [0.717, 1.165) is 28.7 Å². The molecule has 1 heterocycles. The van der Waals surface area contributed by atoms with E-state index >= 15 is 0 Å². The summed E-state index contributed by atoms with van der Waals surface area (Å²) in [5.41, 5.74) is 2.10. The van der Waals surface area contributed by atoms with Gasteiger partial charge in [-0.05, 0) is 42.8 Å². The molecule has 0 fully saturated rings. The molecule has 0 saturated carbocycles. The largest absolute Gasteiger partial charge is 0.322 e. The molecule has 1 aromatic heterocycles. The second-order valence-corrected chi connectivity index (χ2v) is 5.68. The second-order valence-electron chi connectivity index (χ2n) is 4.38. The molecular formula is C15H14BrClN2O. The fourth-order valence-corrected chi connectivity index (χ4v) is 2.29. The van der Waals surface area contributed by atoms with Crippen LogP contribution in [-0.4, -0.2) is 10.9 Å². The van der Waals surface area contributed by atoms with Gasteiger partial charge in [-0.3, -0.25) is 4.79 Å². The molecule has 5 heteroatoms. The summed E-state index contributed by atoms with van der Waals surface area (Å²) in [4.78, 5) is 16.4. The van der Waals surface area contributed by atoms with Crippen molar-refractivity contribution in [1.82, 2.24) is 4.98 Å². The van der Waals surface area contributed by atoms with Gasteiger partial charge in [-0.15, -0.1) is 0 Å². The van der Waals surface area contributed by atoms with Crippen LogP contribution in [0.2, 0.25) is 5.15 Å². The molecule has 3 nitrogen and oxygen atoms in total. The van der Waals surface area contributed by atoms with Crippen molar-refractivity contribution in [1.29, 1.82) is 0 Å². The van der Waals surface area contributed by atoms with Crippen molar-refractivity contribution in [3.05, 3.63) is 57.3 Å². The van der Waals surface area contributed by atoms with Crippen LogP contribution in [0.15, 0.2) is 40.9 Å². The van der Waals surface area contributed by atoms with Crippen molar-refractivity contribution in [2.24, 2.45) is 0 Å². The summed E-state index contributed by atoms with van der Waals surface area (Å²) in [7, 11) is 0. The topological polar surface area (TPSA) is 42.0 Å². The number of halogens is 2. The first-order valence-corrected chi connectivity index (χ1v) is 7.49. The highest BCUT2D eigenvalue weighted by molar-refractivity contribution is 9.10. The van der Waals surface area contributed by atoms with Crippen molar-refractivity contribution in [3.63, 3.8) is 0 Å². The Labute approximate surface area is 131 Å². The van der Waals surface area contributed by atoms with Crippen LogP contribution in [0, 0.1) is 0 Å². The molecular weight excluding hydrogens is 340 g/mol. The van der Waals surface area contributed by atoms with Gasteiger partial charge >= 0.3 is 0 Å². The minimum absolute atomic E-state index is 0.186. The van der Waals surface area contributed by atoms with E-state index in [0.29, 0.717) is 10.7 Å². The van der Waals surface area contributed by atoms with E-state index in [4.69, 9.17) is 11.6 Å². The third kappa shape index (κ3) is 4.05. The van der Waals surface area contributed by atoms with Crippen LogP contribution in [0.4, 0.5) is 5.69 Å². The summed E-state index contributed by atoms with van der Waals surface area (Å²) in [6.07, 6.45) is 1.76. The standard InChI is InChI=1S/C15H14BrClN2O/c1-2-3-13-8-10(9-14(17)18-13)15(20)19-12-6-4-11(16)5-7-12/h4-9H,2-3H2,1H3,(H,19,20). The van der Waals surface area contributed by atoms with E-state index in [1.165, 1.54) is 0 Å². The molecule has 0 atom stereocenters. The van der Waals surface area contributed by atoms with E-state index in [1.807, 2.05) is 24.3 Å². The SMILES string of the molecule is CCCc1cc(C(=O)Nc2ccc(Br)cc2)cc(Cl)n1. The summed E-state index contributed by atoms with van der Waals surface area (Å²) in [5, 5.41) is 3.18. The molecule has 20 heavy (non-hydrogen) atoms. The van der Waals surface area contributed by atoms with Crippen molar-refractivity contribution < 1.29 is 4.79 Å². The second kappa shape index (κ2) is 6.86. The number of aryl methyl sites for hydroxylation is 1. The number of hydrogen-bond acceptors (Lipinski definition) is 2. The molecule has 0 bridgehead atoms. The van der Waals surface area contributed by atoms with Crippen molar-refractivity contribution in [2.75, 3.05) is 5.32 Å². The van der Waals surface area contributed by atoms with Gasteiger partial charge in [0.25, 0.3) is 5.91 Å². The number of nitrogens with zero attached hydrogens (tertiary/aromatic N) is 1. The summed E-state index contributed by atoms with van der Waals surface area (Å²) in [6.45, 7) is 2.06. The first kappa shape index (κ1) is 15.0. The van der Waals surface area contributed by atoms with Crippen molar-refractivity contribution in [3.8, 4) is 0 Å². The lowest BCUT2D eigenvalue weighted by Gasteiger charge is -2.07. The summed E-state index contributed by atoms with van der Waals surface area (Å²) >= 11 is 9.31. The quantitative estimate of drug-likeness (QED) is 0.809. The highest BCUT2D eigenvalue weighted by atomic mass is 79.9. The molecule has 104 valence electrons. The smallest absolute Gasteiger partial charge is 0.255 e. The van der Waals surface area contributed by atoms with Gasteiger partial charge in [0.05, 0.1) is 0 Å². The summed E-state index contributed by atoms with van der Waals surface area (Å²) < 4.78 is 0.965. The predicted octanol–water partition coefficient (Wildman–Crippen LogP) is 4.70. The predicted molar refractivity (Wildman–Crippen MR) is 85.3 cm³/mol. The molecule has 0 aliphatic rings. The highest BCUT2D eigenvalue weighted by Crippen LogP contribution is 2.17. The highest BCUT2D eigenvalue weighted by Gasteiger charge is 2.09.